The first-order valence-electron chi connectivity index (χ1n) is 8.47. The van der Waals surface area contributed by atoms with Gasteiger partial charge in [-0.1, -0.05) is 35.5 Å². The Labute approximate surface area is 170 Å². The Morgan fingerprint density at radius 2 is 2.11 bits per heavy atom. The molecule has 0 unspecified atom stereocenters. The number of thioether (sulfide) groups is 1. The molecule has 0 atom stereocenters. The van der Waals surface area contributed by atoms with Crippen molar-refractivity contribution in [2.75, 3.05) is 13.7 Å². The van der Waals surface area contributed by atoms with E-state index in [4.69, 9.17) is 16.3 Å². The molecule has 1 heterocycles. The van der Waals surface area contributed by atoms with Crippen LogP contribution in [0.15, 0.2) is 46.3 Å². The topological polar surface area (TPSA) is 87.3 Å². The minimum absolute atomic E-state index is 0.0770. The molecule has 7 nitrogen and oxygen atoms in total. The van der Waals surface area contributed by atoms with Crippen molar-refractivity contribution in [1.82, 2.24) is 9.55 Å². The predicted molar refractivity (Wildman–Crippen MR) is 110 cm³/mol. The second kappa shape index (κ2) is 8.72. The van der Waals surface area contributed by atoms with Gasteiger partial charge in [-0.3, -0.25) is 19.5 Å². The van der Waals surface area contributed by atoms with Gasteiger partial charge in [-0.2, -0.15) is 0 Å². The maximum atomic E-state index is 12.9. The van der Waals surface area contributed by atoms with Crippen molar-refractivity contribution in [3.8, 4) is 0 Å². The molecule has 1 aromatic heterocycles. The number of ether oxygens (including phenoxy) is 1. The quantitative estimate of drug-likeness (QED) is 0.247. The van der Waals surface area contributed by atoms with Crippen LogP contribution in [0.25, 0.3) is 10.9 Å². The molecule has 0 spiro atoms. The van der Waals surface area contributed by atoms with Gasteiger partial charge in [0, 0.05) is 29.5 Å². The van der Waals surface area contributed by atoms with Crippen molar-refractivity contribution in [2.45, 2.75) is 24.4 Å². The van der Waals surface area contributed by atoms with E-state index >= 15 is 0 Å². The number of hydrogen-bond donors (Lipinski definition) is 0. The second-order valence-corrected chi connectivity index (χ2v) is 7.49. The van der Waals surface area contributed by atoms with Crippen molar-refractivity contribution >= 4 is 40.0 Å². The monoisotopic (exact) mass is 419 g/mol. The summed E-state index contributed by atoms with van der Waals surface area (Å²) in [4.78, 5) is 28.3. The first kappa shape index (κ1) is 20.3. The Morgan fingerprint density at radius 1 is 1.32 bits per heavy atom. The summed E-state index contributed by atoms with van der Waals surface area (Å²) in [5, 5.41) is 12.7. The first-order chi connectivity index (χ1) is 13.4. The van der Waals surface area contributed by atoms with Crippen LogP contribution in [0.3, 0.4) is 0 Å². The molecule has 146 valence electrons. The maximum absolute atomic E-state index is 12.9. The molecule has 0 bridgehead atoms. The van der Waals surface area contributed by atoms with Crippen LogP contribution in [-0.2, 0) is 17.0 Å². The van der Waals surface area contributed by atoms with Gasteiger partial charge in [0.2, 0.25) is 0 Å². The first-order valence-corrected chi connectivity index (χ1v) is 9.83. The van der Waals surface area contributed by atoms with Crippen LogP contribution in [0, 0.1) is 17.0 Å². The van der Waals surface area contributed by atoms with Gasteiger partial charge in [0.05, 0.1) is 29.0 Å². The molecule has 0 N–H and O–H groups in total. The number of methoxy groups -OCH3 is 1. The number of rotatable bonds is 7. The van der Waals surface area contributed by atoms with E-state index in [9.17, 15) is 14.9 Å². The molecule has 0 saturated carbocycles. The lowest BCUT2D eigenvalue weighted by molar-refractivity contribution is -0.385. The van der Waals surface area contributed by atoms with Gasteiger partial charge in [-0.25, -0.2) is 4.98 Å². The van der Waals surface area contributed by atoms with Gasteiger partial charge >= 0.3 is 0 Å². The SMILES string of the molecule is COCCn1c(SCc2cccc([N+](=O)[O-])c2C)nc2cc(Cl)ccc2c1=O. The van der Waals surface area contributed by atoms with Crippen molar-refractivity contribution in [3.05, 3.63) is 73.0 Å². The van der Waals surface area contributed by atoms with Crippen LogP contribution >= 0.6 is 23.4 Å². The third-order valence-corrected chi connectivity index (χ3v) is 5.63. The molecular weight excluding hydrogens is 402 g/mol. The van der Waals surface area contributed by atoms with E-state index in [0.29, 0.717) is 45.5 Å². The largest absolute Gasteiger partial charge is 0.383 e. The molecule has 0 aliphatic carbocycles. The number of fused-ring (bicyclic) bond motifs is 1. The molecular formula is C19H18ClN3O4S. The van der Waals surface area contributed by atoms with Crippen molar-refractivity contribution in [3.63, 3.8) is 0 Å². The predicted octanol–water partition coefficient (Wildman–Crippen LogP) is 4.21. The van der Waals surface area contributed by atoms with Crippen LogP contribution in [-0.4, -0.2) is 28.2 Å². The molecule has 9 heteroatoms. The molecule has 0 aliphatic rings. The zero-order chi connectivity index (χ0) is 20.3. The molecule has 2 aromatic carbocycles. The van der Waals surface area contributed by atoms with E-state index in [1.165, 1.54) is 17.8 Å². The minimum Gasteiger partial charge on any atom is -0.383 e. The number of benzene rings is 2. The van der Waals surface area contributed by atoms with Crippen molar-refractivity contribution < 1.29 is 9.66 Å². The van der Waals surface area contributed by atoms with Crippen molar-refractivity contribution in [1.29, 1.82) is 0 Å². The Bertz CT molecular complexity index is 1100. The molecule has 3 aromatic rings. The number of nitro benzene ring substituents is 1. The van der Waals surface area contributed by atoms with Crippen LogP contribution in [0.4, 0.5) is 5.69 Å². The standard InChI is InChI=1S/C19H18ClN3O4S/c1-12-13(4-3-5-17(12)23(25)26)11-28-19-21-16-10-14(20)6-7-15(16)18(24)22(19)8-9-27-2/h3-7,10H,8-9,11H2,1-2H3. The summed E-state index contributed by atoms with van der Waals surface area (Å²) in [7, 11) is 1.57. The average molecular weight is 420 g/mol. The third kappa shape index (κ3) is 4.19. The highest BCUT2D eigenvalue weighted by molar-refractivity contribution is 7.98. The van der Waals surface area contributed by atoms with Crippen LogP contribution in [0.5, 0.6) is 0 Å². The number of nitrogens with zero attached hydrogens (tertiary/aromatic N) is 3. The second-order valence-electron chi connectivity index (χ2n) is 6.11. The van der Waals surface area contributed by atoms with E-state index < -0.39 is 4.92 Å². The molecule has 0 aliphatic heterocycles. The number of nitro groups is 1. The van der Waals surface area contributed by atoms with E-state index in [1.807, 2.05) is 6.07 Å². The minimum atomic E-state index is -0.395. The number of aromatic nitrogens is 2. The Balaban J connectivity index is 2.01. The van der Waals surface area contributed by atoms with E-state index in [2.05, 4.69) is 4.98 Å². The smallest absolute Gasteiger partial charge is 0.272 e. The molecule has 0 radical (unpaired) electrons. The van der Waals surface area contributed by atoms with E-state index in [-0.39, 0.29) is 11.2 Å². The van der Waals surface area contributed by atoms with Gasteiger partial charge in [-0.15, -0.1) is 0 Å². The number of halogens is 1. The number of hydrogen-bond acceptors (Lipinski definition) is 6. The average Bonchev–Trinajstić information content (AvgIpc) is 2.66. The fourth-order valence-corrected chi connectivity index (χ4v) is 4.09. The van der Waals surface area contributed by atoms with Gasteiger partial charge in [0.15, 0.2) is 5.16 Å². The lowest BCUT2D eigenvalue weighted by atomic mass is 10.1. The fourth-order valence-electron chi connectivity index (χ4n) is 2.83. The van der Waals surface area contributed by atoms with Gasteiger partial charge in [-0.05, 0) is 30.7 Å². The van der Waals surface area contributed by atoms with E-state index in [1.54, 1.807) is 42.9 Å². The summed E-state index contributed by atoms with van der Waals surface area (Å²) in [5.41, 5.74) is 1.85. The molecule has 0 amide bonds. The maximum Gasteiger partial charge on any atom is 0.272 e. The van der Waals surface area contributed by atoms with Crippen LogP contribution in [0.1, 0.15) is 11.1 Å². The van der Waals surface area contributed by atoms with Crippen LogP contribution in [0.2, 0.25) is 5.02 Å². The highest BCUT2D eigenvalue weighted by Crippen LogP contribution is 2.28. The third-order valence-electron chi connectivity index (χ3n) is 4.37. The summed E-state index contributed by atoms with van der Waals surface area (Å²) in [6, 6.07) is 9.95. The zero-order valence-electron chi connectivity index (χ0n) is 15.3. The fraction of sp³-hybridized carbons (Fsp3) is 0.263. The Hall–Kier alpha value is -2.42. The Kier molecular flexibility index (Phi) is 6.33. The lowest BCUT2D eigenvalue weighted by Gasteiger charge is -2.13. The van der Waals surface area contributed by atoms with Crippen molar-refractivity contribution in [2.24, 2.45) is 0 Å². The van der Waals surface area contributed by atoms with E-state index in [0.717, 1.165) is 5.56 Å². The van der Waals surface area contributed by atoms with Crippen LogP contribution < -0.4 is 5.56 Å². The molecule has 3 rings (SSSR count). The summed E-state index contributed by atoms with van der Waals surface area (Å²) < 4.78 is 6.68. The van der Waals surface area contributed by atoms with Gasteiger partial charge < -0.3 is 4.74 Å². The summed E-state index contributed by atoms with van der Waals surface area (Å²) in [6.07, 6.45) is 0. The molecule has 0 saturated heterocycles. The zero-order valence-corrected chi connectivity index (χ0v) is 16.9. The molecule has 28 heavy (non-hydrogen) atoms. The highest BCUT2D eigenvalue weighted by atomic mass is 35.5. The summed E-state index contributed by atoms with van der Waals surface area (Å²) in [5.74, 6) is 0.443. The lowest BCUT2D eigenvalue weighted by Crippen LogP contribution is -2.25. The highest BCUT2D eigenvalue weighted by Gasteiger charge is 2.16. The normalized spacial score (nSPS) is 11.1. The van der Waals surface area contributed by atoms with Gasteiger partial charge in [0.25, 0.3) is 11.2 Å². The summed E-state index contributed by atoms with van der Waals surface area (Å²) in [6.45, 7) is 2.45. The summed E-state index contributed by atoms with van der Waals surface area (Å²) >= 11 is 7.40. The van der Waals surface area contributed by atoms with Gasteiger partial charge in [0.1, 0.15) is 0 Å². The Morgan fingerprint density at radius 3 is 2.82 bits per heavy atom. The molecule has 0 fully saturated rings.